The summed E-state index contributed by atoms with van der Waals surface area (Å²) in [6.07, 6.45) is 5.42. The van der Waals surface area contributed by atoms with Gasteiger partial charge in [0, 0.05) is 24.0 Å². The van der Waals surface area contributed by atoms with Crippen molar-refractivity contribution in [3.63, 3.8) is 0 Å². The molecule has 0 saturated carbocycles. The molecule has 11 heteroatoms. The summed E-state index contributed by atoms with van der Waals surface area (Å²) in [6, 6.07) is 3.53. The lowest BCUT2D eigenvalue weighted by atomic mass is 10.0. The average molecular weight is 451 g/mol. The van der Waals surface area contributed by atoms with Gasteiger partial charge in [0.1, 0.15) is 17.8 Å². The van der Waals surface area contributed by atoms with Crippen molar-refractivity contribution in [3.05, 3.63) is 71.9 Å². The maximum absolute atomic E-state index is 14.4. The van der Waals surface area contributed by atoms with Gasteiger partial charge in [-0.3, -0.25) is 14.7 Å². The van der Waals surface area contributed by atoms with E-state index >= 15 is 0 Å². The predicted molar refractivity (Wildman–Crippen MR) is 118 cm³/mol. The van der Waals surface area contributed by atoms with Gasteiger partial charge >= 0.3 is 6.03 Å². The highest BCUT2D eigenvalue weighted by molar-refractivity contribution is 6.18. The number of aromatic nitrogens is 4. The van der Waals surface area contributed by atoms with E-state index in [9.17, 15) is 18.4 Å². The number of fused-ring (bicyclic) bond motifs is 1. The summed E-state index contributed by atoms with van der Waals surface area (Å²) in [5, 5.41) is 0.379. The Morgan fingerprint density at radius 2 is 1.91 bits per heavy atom. The molecule has 3 aromatic heterocycles. The summed E-state index contributed by atoms with van der Waals surface area (Å²) in [4.78, 5) is 38.5. The number of hydrogen-bond acceptors (Lipinski definition) is 6. The topological polar surface area (TPSA) is 133 Å². The molecule has 0 aliphatic rings. The van der Waals surface area contributed by atoms with Gasteiger partial charge in [-0.1, -0.05) is 6.07 Å². The first-order chi connectivity index (χ1) is 15.7. The molecule has 0 fully saturated rings. The number of nitrogen functional groups attached to an aromatic ring is 1. The van der Waals surface area contributed by atoms with Crippen LogP contribution >= 0.6 is 0 Å². The average Bonchev–Trinajstić information content (AvgIpc) is 3.18. The molecule has 0 unspecified atom stereocenters. The number of carbonyl (C=O) groups is 2. The third kappa shape index (κ3) is 3.73. The zero-order valence-electron chi connectivity index (χ0n) is 17.7. The molecule has 0 radical (unpaired) electrons. The van der Waals surface area contributed by atoms with E-state index in [1.54, 1.807) is 10.8 Å². The number of rotatable bonds is 5. The summed E-state index contributed by atoms with van der Waals surface area (Å²) in [5.41, 5.74) is 11.8. The number of anilines is 3. The minimum atomic E-state index is -1.27. The van der Waals surface area contributed by atoms with Crippen LogP contribution in [0.25, 0.3) is 11.0 Å². The summed E-state index contributed by atoms with van der Waals surface area (Å²) in [7, 11) is 0. The van der Waals surface area contributed by atoms with Gasteiger partial charge in [0.2, 0.25) is 0 Å². The Balaban J connectivity index is 1.84. The highest BCUT2D eigenvalue weighted by atomic mass is 19.2. The molecule has 4 N–H and O–H groups in total. The third-order valence-corrected chi connectivity index (χ3v) is 5.08. The fraction of sp³-hybridized carbons (Fsp3) is 0.136. The Kier molecular flexibility index (Phi) is 5.46. The third-order valence-electron chi connectivity index (χ3n) is 5.08. The molecule has 0 aliphatic heterocycles. The summed E-state index contributed by atoms with van der Waals surface area (Å²) in [5.74, 6) is -2.76. The molecular formula is C22H19F2N7O2. The van der Waals surface area contributed by atoms with Crippen molar-refractivity contribution in [1.82, 2.24) is 19.5 Å². The lowest BCUT2D eigenvalue weighted by molar-refractivity contribution is 0.103. The second kappa shape index (κ2) is 8.26. The van der Waals surface area contributed by atoms with Crippen LogP contribution in [0.2, 0.25) is 0 Å². The quantitative estimate of drug-likeness (QED) is 0.444. The standard InChI is InChI=1S/C22H19F2N7O2/c1-11(2)30-9-14(17-20(25)28-10-29-21(17)30)19(32)12-6-13(8-27-7-12)31(22(26)33)16-5-3-4-15(23)18(16)24/h3-11H,1-2H3,(H2,26,33)(H2,25,28,29). The van der Waals surface area contributed by atoms with E-state index in [1.165, 1.54) is 36.9 Å². The SMILES string of the molecule is CC(C)n1cc(C(=O)c2cncc(N(C(N)=O)c3cccc(F)c3F)c2)c2c(N)ncnc21. The molecule has 0 aliphatic carbocycles. The van der Waals surface area contributed by atoms with Crippen LogP contribution in [0.15, 0.2) is 49.2 Å². The number of carbonyl (C=O) groups excluding carboxylic acids is 2. The van der Waals surface area contributed by atoms with Crippen molar-refractivity contribution in [2.75, 3.05) is 10.6 Å². The number of urea groups is 1. The Morgan fingerprint density at radius 3 is 2.61 bits per heavy atom. The number of primary amides is 1. The first kappa shape index (κ1) is 21.8. The molecule has 0 atom stereocenters. The van der Waals surface area contributed by atoms with Gasteiger partial charge in [0.25, 0.3) is 0 Å². The molecule has 3 heterocycles. The minimum Gasteiger partial charge on any atom is -0.383 e. The zero-order chi connectivity index (χ0) is 23.9. The van der Waals surface area contributed by atoms with Gasteiger partial charge in [-0.2, -0.15) is 0 Å². The monoisotopic (exact) mass is 451 g/mol. The number of nitrogens with zero attached hydrogens (tertiary/aromatic N) is 5. The second-order valence-corrected chi connectivity index (χ2v) is 7.51. The molecular weight excluding hydrogens is 432 g/mol. The Morgan fingerprint density at radius 1 is 1.15 bits per heavy atom. The maximum atomic E-state index is 14.4. The van der Waals surface area contributed by atoms with Crippen LogP contribution in [0.3, 0.4) is 0 Å². The van der Waals surface area contributed by atoms with Crippen LogP contribution in [0.5, 0.6) is 0 Å². The Hall–Kier alpha value is -4.41. The van der Waals surface area contributed by atoms with Gasteiger partial charge in [0.05, 0.1) is 28.5 Å². The second-order valence-electron chi connectivity index (χ2n) is 7.51. The van der Waals surface area contributed by atoms with E-state index in [4.69, 9.17) is 11.5 Å². The van der Waals surface area contributed by atoms with Crippen LogP contribution in [0.1, 0.15) is 35.8 Å². The molecule has 0 saturated heterocycles. The van der Waals surface area contributed by atoms with Gasteiger partial charge < -0.3 is 16.0 Å². The number of ketones is 1. The Bertz CT molecular complexity index is 1400. The van der Waals surface area contributed by atoms with E-state index < -0.39 is 29.1 Å². The van der Waals surface area contributed by atoms with Crippen molar-refractivity contribution in [1.29, 1.82) is 0 Å². The molecule has 0 spiro atoms. The Labute approximate surface area is 186 Å². The first-order valence-electron chi connectivity index (χ1n) is 9.85. The summed E-state index contributed by atoms with van der Waals surface area (Å²) >= 11 is 0. The van der Waals surface area contributed by atoms with Crippen LogP contribution in [0.4, 0.5) is 30.8 Å². The number of nitrogens with two attached hydrogens (primary N) is 2. The molecule has 168 valence electrons. The molecule has 33 heavy (non-hydrogen) atoms. The van der Waals surface area contributed by atoms with E-state index in [0.717, 1.165) is 11.0 Å². The molecule has 0 bridgehead atoms. The lowest BCUT2D eigenvalue weighted by Crippen LogP contribution is -2.32. The van der Waals surface area contributed by atoms with Crippen molar-refractivity contribution < 1.29 is 18.4 Å². The molecule has 2 amide bonds. The molecule has 9 nitrogen and oxygen atoms in total. The van der Waals surface area contributed by atoms with Gasteiger partial charge in [-0.05, 0) is 32.0 Å². The number of hydrogen-bond donors (Lipinski definition) is 2. The smallest absolute Gasteiger partial charge is 0.324 e. The van der Waals surface area contributed by atoms with Gasteiger partial charge in [0.15, 0.2) is 17.4 Å². The normalized spacial score (nSPS) is 11.2. The zero-order valence-corrected chi connectivity index (χ0v) is 17.7. The van der Waals surface area contributed by atoms with Gasteiger partial charge in [-0.25, -0.2) is 23.5 Å². The van der Waals surface area contributed by atoms with E-state index in [0.29, 0.717) is 11.0 Å². The molecule has 1 aromatic carbocycles. The van der Waals surface area contributed by atoms with Crippen LogP contribution in [0, 0.1) is 11.6 Å². The predicted octanol–water partition coefficient (Wildman–Crippen LogP) is 3.72. The van der Waals surface area contributed by atoms with E-state index in [2.05, 4.69) is 15.0 Å². The highest BCUT2D eigenvalue weighted by Gasteiger charge is 2.25. The number of benzene rings is 1. The number of pyridine rings is 1. The van der Waals surface area contributed by atoms with Crippen LogP contribution < -0.4 is 16.4 Å². The first-order valence-corrected chi connectivity index (χ1v) is 9.85. The highest BCUT2D eigenvalue weighted by Crippen LogP contribution is 2.31. The molecule has 4 aromatic rings. The fourth-order valence-corrected chi connectivity index (χ4v) is 3.55. The van der Waals surface area contributed by atoms with Crippen LogP contribution in [-0.4, -0.2) is 31.3 Å². The largest absolute Gasteiger partial charge is 0.383 e. The minimum absolute atomic E-state index is 0.0188. The van der Waals surface area contributed by atoms with Crippen molar-refractivity contribution >= 4 is 40.0 Å². The van der Waals surface area contributed by atoms with Crippen molar-refractivity contribution in [2.24, 2.45) is 5.73 Å². The fourth-order valence-electron chi connectivity index (χ4n) is 3.55. The van der Waals surface area contributed by atoms with Crippen molar-refractivity contribution in [3.8, 4) is 0 Å². The van der Waals surface area contributed by atoms with E-state index in [1.807, 2.05) is 13.8 Å². The number of amides is 2. The molecule has 4 rings (SSSR count). The lowest BCUT2D eigenvalue weighted by Gasteiger charge is -2.21. The summed E-state index contributed by atoms with van der Waals surface area (Å²) in [6.45, 7) is 3.85. The van der Waals surface area contributed by atoms with Crippen molar-refractivity contribution in [2.45, 2.75) is 19.9 Å². The maximum Gasteiger partial charge on any atom is 0.324 e. The summed E-state index contributed by atoms with van der Waals surface area (Å²) < 4.78 is 29.9. The van der Waals surface area contributed by atoms with E-state index in [-0.39, 0.29) is 28.7 Å². The van der Waals surface area contributed by atoms with Gasteiger partial charge in [-0.15, -0.1) is 0 Å². The number of halogens is 2. The van der Waals surface area contributed by atoms with Crippen LogP contribution in [-0.2, 0) is 0 Å².